The minimum absolute atomic E-state index is 0.116. The Morgan fingerprint density at radius 3 is 2.92 bits per heavy atom. The summed E-state index contributed by atoms with van der Waals surface area (Å²) < 4.78 is 0. The topological polar surface area (TPSA) is 41.5 Å². The molecular weight excluding hydrogens is 340 g/mol. The molecule has 0 unspecified atom stereocenters. The summed E-state index contributed by atoms with van der Waals surface area (Å²) in [5.41, 5.74) is 5.00. The molecule has 1 atom stereocenters. The first-order chi connectivity index (χ1) is 12.7. The summed E-state index contributed by atoms with van der Waals surface area (Å²) in [7, 11) is 0. The van der Waals surface area contributed by atoms with Crippen LogP contribution in [0, 0.1) is 5.92 Å². The van der Waals surface area contributed by atoms with Gasteiger partial charge in [-0.3, -0.25) is 4.79 Å². The quantitative estimate of drug-likeness (QED) is 0.504. The summed E-state index contributed by atoms with van der Waals surface area (Å²) >= 11 is 1.62. The minimum Gasteiger partial charge on any atom is -0.266 e. The van der Waals surface area contributed by atoms with Crippen LogP contribution in [0.1, 0.15) is 45.4 Å². The molecule has 3 aromatic rings. The van der Waals surface area contributed by atoms with Gasteiger partial charge in [0.05, 0.1) is 11.1 Å². The number of thiophene rings is 1. The van der Waals surface area contributed by atoms with E-state index >= 15 is 0 Å². The third-order valence-electron chi connectivity index (χ3n) is 5.14. The second-order valence-corrected chi connectivity index (χ2v) is 8.02. The standard InChI is InChI=1S/C22H22N2OS/c1-2-15-8-10-20-19(11-15)13-21(26-20)22(25)24-23-14-16-7-9-17-5-3-4-6-18(17)12-16/h3-7,9,12-15H,2,8,10-11H2,1H3,(H,24,25)/b23-14-/t15-/m0/s1. The SMILES string of the molecule is CC[C@H]1CCc2sc(C(=O)N/N=C\c3ccc4ccccc4c3)cc2C1. The highest BCUT2D eigenvalue weighted by Gasteiger charge is 2.21. The molecule has 1 aromatic heterocycles. The van der Waals surface area contributed by atoms with Crippen molar-refractivity contribution in [3.63, 3.8) is 0 Å². The highest BCUT2D eigenvalue weighted by atomic mass is 32.1. The lowest BCUT2D eigenvalue weighted by Gasteiger charge is -2.19. The van der Waals surface area contributed by atoms with Gasteiger partial charge in [-0.2, -0.15) is 5.10 Å². The van der Waals surface area contributed by atoms with Crippen LogP contribution in [0.3, 0.4) is 0 Å². The number of fused-ring (bicyclic) bond motifs is 2. The van der Waals surface area contributed by atoms with Gasteiger partial charge in [-0.25, -0.2) is 5.43 Å². The molecule has 4 rings (SSSR count). The van der Waals surface area contributed by atoms with Crippen molar-refractivity contribution in [1.82, 2.24) is 5.43 Å². The Labute approximate surface area is 157 Å². The fourth-order valence-corrected chi connectivity index (χ4v) is 4.67. The Bertz CT molecular complexity index is 973. The first-order valence-corrected chi connectivity index (χ1v) is 9.98. The molecule has 1 N–H and O–H groups in total. The van der Waals surface area contributed by atoms with E-state index in [1.165, 1.54) is 34.1 Å². The van der Waals surface area contributed by atoms with Gasteiger partial charge >= 0.3 is 0 Å². The molecule has 26 heavy (non-hydrogen) atoms. The summed E-state index contributed by atoms with van der Waals surface area (Å²) in [6.45, 7) is 2.25. The van der Waals surface area contributed by atoms with Crippen LogP contribution in [0.25, 0.3) is 10.8 Å². The van der Waals surface area contributed by atoms with E-state index in [9.17, 15) is 4.79 Å². The number of carbonyl (C=O) groups is 1. The van der Waals surface area contributed by atoms with E-state index in [2.05, 4.69) is 47.8 Å². The monoisotopic (exact) mass is 362 g/mol. The van der Waals surface area contributed by atoms with Crippen LogP contribution in [0.2, 0.25) is 0 Å². The van der Waals surface area contributed by atoms with E-state index in [1.807, 2.05) is 18.2 Å². The number of hydrogen-bond donors (Lipinski definition) is 1. The van der Waals surface area contributed by atoms with Crippen LogP contribution in [0.4, 0.5) is 0 Å². The van der Waals surface area contributed by atoms with Crippen LogP contribution in [0.15, 0.2) is 53.6 Å². The fourth-order valence-electron chi connectivity index (χ4n) is 3.57. The molecule has 0 fully saturated rings. The van der Waals surface area contributed by atoms with Crippen molar-refractivity contribution in [2.45, 2.75) is 32.6 Å². The third kappa shape index (κ3) is 3.56. The van der Waals surface area contributed by atoms with Crippen molar-refractivity contribution in [3.8, 4) is 0 Å². The average Bonchev–Trinajstić information content (AvgIpc) is 3.11. The third-order valence-corrected chi connectivity index (χ3v) is 6.38. The van der Waals surface area contributed by atoms with Crippen molar-refractivity contribution in [1.29, 1.82) is 0 Å². The van der Waals surface area contributed by atoms with Crippen molar-refractivity contribution in [2.24, 2.45) is 11.0 Å². The first-order valence-electron chi connectivity index (χ1n) is 9.16. The lowest BCUT2D eigenvalue weighted by molar-refractivity contribution is 0.0959. The predicted molar refractivity (Wildman–Crippen MR) is 109 cm³/mol. The number of hydrazone groups is 1. The van der Waals surface area contributed by atoms with Gasteiger partial charge in [-0.05, 0) is 59.2 Å². The average molecular weight is 362 g/mol. The number of aryl methyl sites for hydroxylation is 1. The predicted octanol–water partition coefficient (Wildman–Crippen LogP) is 5.18. The zero-order chi connectivity index (χ0) is 17.9. The maximum atomic E-state index is 12.4. The number of rotatable bonds is 4. The largest absolute Gasteiger partial charge is 0.281 e. The summed E-state index contributed by atoms with van der Waals surface area (Å²) in [4.78, 5) is 14.5. The van der Waals surface area contributed by atoms with E-state index < -0.39 is 0 Å². The van der Waals surface area contributed by atoms with Crippen LogP contribution in [-0.2, 0) is 12.8 Å². The maximum Gasteiger partial charge on any atom is 0.281 e. The van der Waals surface area contributed by atoms with Gasteiger partial charge in [-0.1, -0.05) is 49.7 Å². The van der Waals surface area contributed by atoms with E-state index in [4.69, 9.17) is 0 Å². The number of nitrogens with one attached hydrogen (secondary N) is 1. The summed E-state index contributed by atoms with van der Waals surface area (Å²) in [5, 5.41) is 6.51. The van der Waals surface area contributed by atoms with E-state index in [-0.39, 0.29) is 5.91 Å². The Morgan fingerprint density at radius 2 is 2.08 bits per heavy atom. The zero-order valence-corrected chi connectivity index (χ0v) is 15.7. The van der Waals surface area contributed by atoms with Crippen LogP contribution in [0.5, 0.6) is 0 Å². The molecule has 0 spiro atoms. The van der Waals surface area contributed by atoms with Gasteiger partial charge in [0.2, 0.25) is 0 Å². The summed E-state index contributed by atoms with van der Waals surface area (Å²) in [6.07, 6.45) is 6.37. The van der Waals surface area contributed by atoms with Crippen LogP contribution in [-0.4, -0.2) is 12.1 Å². The molecular formula is C22H22N2OS. The number of amides is 1. The zero-order valence-electron chi connectivity index (χ0n) is 14.9. The Morgan fingerprint density at radius 1 is 1.23 bits per heavy atom. The van der Waals surface area contributed by atoms with Crippen molar-refractivity contribution >= 4 is 34.2 Å². The van der Waals surface area contributed by atoms with Crippen LogP contribution < -0.4 is 5.43 Å². The second kappa shape index (κ2) is 7.42. The molecule has 1 aliphatic rings. The number of carbonyl (C=O) groups excluding carboxylic acids is 1. The molecule has 0 saturated carbocycles. The highest BCUT2D eigenvalue weighted by molar-refractivity contribution is 7.14. The molecule has 132 valence electrons. The molecule has 3 nitrogen and oxygen atoms in total. The van der Waals surface area contributed by atoms with E-state index in [0.717, 1.165) is 29.2 Å². The number of nitrogens with zero attached hydrogens (tertiary/aromatic N) is 1. The van der Waals surface area contributed by atoms with E-state index in [1.54, 1.807) is 17.6 Å². The minimum atomic E-state index is -0.116. The molecule has 0 bridgehead atoms. The number of hydrogen-bond acceptors (Lipinski definition) is 3. The lowest BCUT2D eigenvalue weighted by atomic mass is 9.87. The molecule has 0 saturated heterocycles. The molecule has 1 aliphatic carbocycles. The van der Waals surface area contributed by atoms with Gasteiger partial charge in [0.25, 0.3) is 5.91 Å². The summed E-state index contributed by atoms with van der Waals surface area (Å²) in [6, 6.07) is 16.4. The van der Waals surface area contributed by atoms with Crippen molar-refractivity contribution in [2.75, 3.05) is 0 Å². The summed E-state index contributed by atoms with van der Waals surface area (Å²) in [5.74, 6) is 0.647. The molecule has 4 heteroatoms. The first kappa shape index (κ1) is 17.0. The van der Waals surface area contributed by atoms with Crippen molar-refractivity contribution < 1.29 is 4.79 Å². The fraction of sp³-hybridized carbons (Fsp3) is 0.273. The van der Waals surface area contributed by atoms with E-state index in [0.29, 0.717) is 0 Å². The van der Waals surface area contributed by atoms with Crippen LogP contribution >= 0.6 is 11.3 Å². The Balaban J connectivity index is 1.43. The Kier molecular flexibility index (Phi) is 4.85. The van der Waals surface area contributed by atoms with Crippen molar-refractivity contribution in [3.05, 3.63) is 69.4 Å². The van der Waals surface area contributed by atoms with Gasteiger partial charge in [0, 0.05) is 4.88 Å². The number of benzene rings is 2. The molecule has 1 amide bonds. The highest BCUT2D eigenvalue weighted by Crippen LogP contribution is 2.33. The normalized spacial score (nSPS) is 16.7. The Hall–Kier alpha value is -2.46. The molecule has 0 radical (unpaired) electrons. The van der Waals surface area contributed by atoms with Gasteiger partial charge in [0.15, 0.2) is 0 Å². The molecule has 0 aliphatic heterocycles. The molecule has 1 heterocycles. The maximum absolute atomic E-state index is 12.4. The van der Waals surface area contributed by atoms with Gasteiger partial charge in [0.1, 0.15) is 0 Å². The van der Waals surface area contributed by atoms with Gasteiger partial charge in [-0.15, -0.1) is 11.3 Å². The second-order valence-electron chi connectivity index (χ2n) is 6.88. The smallest absolute Gasteiger partial charge is 0.266 e. The van der Waals surface area contributed by atoms with Gasteiger partial charge < -0.3 is 0 Å². The lowest BCUT2D eigenvalue weighted by Crippen LogP contribution is -2.16. The molecule has 2 aromatic carbocycles.